The topological polar surface area (TPSA) is 102 Å². The smallest absolute Gasteiger partial charge is 0.271 e. The predicted molar refractivity (Wildman–Crippen MR) is 68.4 cm³/mol. The van der Waals surface area contributed by atoms with Crippen LogP contribution in [0.15, 0.2) is 12.1 Å². The van der Waals surface area contributed by atoms with E-state index in [0.29, 0.717) is 24.7 Å². The van der Waals surface area contributed by atoms with E-state index in [2.05, 4.69) is 20.8 Å². The van der Waals surface area contributed by atoms with Crippen LogP contribution in [0.2, 0.25) is 0 Å². The molecule has 0 spiro atoms. The monoisotopic (exact) mass is 253 g/mol. The SMILES string of the molecule is CNC(=O)c1ccc(NCCC(N)COC)nn1. The Hall–Kier alpha value is -1.73. The molecule has 0 aliphatic carbocycles. The zero-order valence-electron chi connectivity index (χ0n) is 10.6. The summed E-state index contributed by atoms with van der Waals surface area (Å²) < 4.78 is 4.94. The van der Waals surface area contributed by atoms with Crippen molar-refractivity contribution in [2.75, 3.05) is 32.6 Å². The summed E-state index contributed by atoms with van der Waals surface area (Å²) in [4.78, 5) is 11.2. The number of carbonyl (C=O) groups is 1. The summed E-state index contributed by atoms with van der Waals surface area (Å²) in [6.45, 7) is 1.21. The average Bonchev–Trinajstić information content (AvgIpc) is 2.39. The number of amides is 1. The van der Waals surface area contributed by atoms with Crippen LogP contribution in [-0.2, 0) is 4.74 Å². The van der Waals surface area contributed by atoms with E-state index in [4.69, 9.17) is 10.5 Å². The molecule has 1 heterocycles. The van der Waals surface area contributed by atoms with E-state index in [0.717, 1.165) is 6.42 Å². The normalized spacial score (nSPS) is 11.9. The van der Waals surface area contributed by atoms with E-state index in [-0.39, 0.29) is 11.9 Å². The van der Waals surface area contributed by atoms with Gasteiger partial charge in [0.15, 0.2) is 5.69 Å². The molecular weight excluding hydrogens is 234 g/mol. The highest BCUT2D eigenvalue weighted by atomic mass is 16.5. The van der Waals surface area contributed by atoms with Crippen molar-refractivity contribution in [3.63, 3.8) is 0 Å². The lowest BCUT2D eigenvalue weighted by molar-refractivity contribution is 0.0957. The quantitative estimate of drug-likeness (QED) is 0.612. The molecule has 0 aliphatic rings. The van der Waals surface area contributed by atoms with E-state index >= 15 is 0 Å². The lowest BCUT2D eigenvalue weighted by Gasteiger charge is -2.10. The molecule has 0 bridgehead atoms. The number of carbonyl (C=O) groups excluding carboxylic acids is 1. The molecule has 0 aromatic carbocycles. The van der Waals surface area contributed by atoms with Crippen LogP contribution in [-0.4, -0.2) is 49.5 Å². The maximum absolute atomic E-state index is 11.2. The van der Waals surface area contributed by atoms with Crippen molar-refractivity contribution in [2.24, 2.45) is 5.73 Å². The zero-order chi connectivity index (χ0) is 13.4. The first-order valence-corrected chi connectivity index (χ1v) is 5.71. The molecule has 0 radical (unpaired) electrons. The van der Waals surface area contributed by atoms with Crippen LogP contribution in [0.1, 0.15) is 16.9 Å². The third-order valence-electron chi connectivity index (χ3n) is 2.33. The number of ether oxygens (including phenoxy) is 1. The van der Waals surface area contributed by atoms with Crippen LogP contribution in [0.5, 0.6) is 0 Å². The number of nitrogens with one attached hydrogen (secondary N) is 2. The Bertz CT molecular complexity index is 368. The first-order valence-electron chi connectivity index (χ1n) is 5.71. The Labute approximate surface area is 106 Å². The molecule has 1 amide bonds. The van der Waals surface area contributed by atoms with Crippen molar-refractivity contribution in [2.45, 2.75) is 12.5 Å². The number of rotatable bonds is 7. The van der Waals surface area contributed by atoms with E-state index in [1.165, 1.54) is 0 Å². The summed E-state index contributed by atoms with van der Waals surface area (Å²) in [6.07, 6.45) is 0.771. The zero-order valence-corrected chi connectivity index (χ0v) is 10.6. The average molecular weight is 253 g/mol. The Morgan fingerprint density at radius 2 is 2.28 bits per heavy atom. The first kappa shape index (κ1) is 14.3. The van der Waals surface area contributed by atoms with Gasteiger partial charge in [0.05, 0.1) is 6.61 Å². The van der Waals surface area contributed by atoms with Gasteiger partial charge in [0.25, 0.3) is 5.91 Å². The Morgan fingerprint density at radius 1 is 1.50 bits per heavy atom. The van der Waals surface area contributed by atoms with Crippen LogP contribution in [0, 0.1) is 0 Å². The lowest BCUT2D eigenvalue weighted by atomic mass is 10.2. The second kappa shape index (κ2) is 7.57. The largest absolute Gasteiger partial charge is 0.383 e. The van der Waals surface area contributed by atoms with Crippen LogP contribution in [0.4, 0.5) is 5.82 Å². The molecule has 7 nitrogen and oxygen atoms in total. The third kappa shape index (κ3) is 4.64. The summed E-state index contributed by atoms with van der Waals surface area (Å²) in [6, 6.07) is 3.32. The highest BCUT2D eigenvalue weighted by Gasteiger charge is 2.05. The van der Waals surface area contributed by atoms with Crippen LogP contribution in [0.25, 0.3) is 0 Å². The maximum atomic E-state index is 11.2. The molecule has 0 saturated carbocycles. The minimum absolute atomic E-state index is 0.000557. The van der Waals surface area contributed by atoms with Gasteiger partial charge in [-0.15, -0.1) is 10.2 Å². The molecule has 0 saturated heterocycles. The molecule has 100 valence electrons. The second-order valence-corrected chi connectivity index (χ2v) is 3.81. The van der Waals surface area contributed by atoms with Crippen LogP contribution >= 0.6 is 0 Å². The fraction of sp³-hybridized carbons (Fsp3) is 0.545. The highest BCUT2D eigenvalue weighted by Crippen LogP contribution is 2.02. The Balaban J connectivity index is 2.37. The van der Waals surface area contributed by atoms with Crippen molar-refractivity contribution in [3.05, 3.63) is 17.8 Å². The molecule has 0 aliphatic heterocycles. The van der Waals surface area contributed by atoms with E-state index < -0.39 is 0 Å². The summed E-state index contributed by atoms with van der Waals surface area (Å²) in [7, 11) is 3.17. The molecule has 4 N–H and O–H groups in total. The number of hydrogen-bond donors (Lipinski definition) is 3. The molecule has 18 heavy (non-hydrogen) atoms. The van der Waals surface area contributed by atoms with Gasteiger partial charge in [0, 0.05) is 26.7 Å². The number of anilines is 1. The van der Waals surface area contributed by atoms with Gasteiger partial charge in [0.2, 0.25) is 0 Å². The van der Waals surface area contributed by atoms with Crippen molar-refractivity contribution < 1.29 is 9.53 Å². The van der Waals surface area contributed by atoms with Gasteiger partial charge in [-0.3, -0.25) is 4.79 Å². The molecule has 1 rings (SSSR count). The fourth-order valence-corrected chi connectivity index (χ4v) is 1.36. The van der Waals surface area contributed by atoms with Gasteiger partial charge in [0.1, 0.15) is 5.82 Å². The standard InChI is InChI=1S/C11H19N5O2/c1-13-11(17)9-3-4-10(16-15-9)14-6-5-8(12)7-18-2/h3-4,8H,5-7,12H2,1-2H3,(H,13,17)(H,14,16). The van der Waals surface area contributed by atoms with Gasteiger partial charge in [-0.1, -0.05) is 0 Å². The highest BCUT2D eigenvalue weighted by molar-refractivity contribution is 5.91. The molecule has 1 aromatic rings. The van der Waals surface area contributed by atoms with Crippen molar-refractivity contribution >= 4 is 11.7 Å². The Kier molecular flexibility index (Phi) is 6.03. The van der Waals surface area contributed by atoms with Gasteiger partial charge < -0.3 is 21.1 Å². The second-order valence-electron chi connectivity index (χ2n) is 3.81. The predicted octanol–water partition coefficient (Wildman–Crippen LogP) is -0.388. The van der Waals surface area contributed by atoms with Gasteiger partial charge in [-0.25, -0.2) is 0 Å². The maximum Gasteiger partial charge on any atom is 0.271 e. The molecule has 1 atom stereocenters. The van der Waals surface area contributed by atoms with Gasteiger partial charge in [-0.2, -0.15) is 0 Å². The van der Waals surface area contributed by atoms with Crippen LogP contribution in [0.3, 0.4) is 0 Å². The lowest BCUT2D eigenvalue weighted by Crippen LogP contribution is -2.28. The summed E-state index contributed by atoms with van der Waals surface area (Å²) in [5, 5.41) is 13.3. The third-order valence-corrected chi connectivity index (χ3v) is 2.33. The van der Waals surface area contributed by atoms with E-state index in [9.17, 15) is 4.79 Å². The number of nitrogens with two attached hydrogens (primary N) is 1. The molecule has 1 aromatic heterocycles. The molecule has 1 unspecified atom stereocenters. The van der Waals surface area contributed by atoms with Crippen molar-refractivity contribution in [1.82, 2.24) is 15.5 Å². The van der Waals surface area contributed by atoms with E-state index in [1.807, 2.05) is 0 Å². The summed E-state index contributed by atoms with van der Waals surface area (Å²) in [5.74, 6) is 0.364. The fourth-order valence-electron chi connectivity index (χ4n) is 1.36. The van der Waals surface area contributed by atoms with Gasteiger partial charge >= 0.3 is 0 Å². The minimum atomic E-state index is -0.254. The number of methoxy groups -OCH3 is 1. The molecule has 7 heteroatoms. The number of hydrogen-bond acceptors (Lipinski definition) is 6. The minimum Gasteiger partial charge on any atom is -0.383 e. The van der Waals surface area contributed by atoms with Crippen LogP contribution < -0.4 is 16.4 Å². The number of aromatic nitrogens is 2. The molecule has 0 fully saturated rings. The van der Waals surface area contributed by atoms with Crippen molar-refractivity contribution in [3.8, 4) is 0 Å². The summed E-state index contributed by atoms with van der Waals surface area (Å²) in [5.41, 5.74) is 6.07. The van der Waals surface area contributed by atoms with Gasteiger partial charge in [-0.05, 0) is 18.6 Å². The van der Waals surface area contributed by atoms with E-state index in [1.54, 1.807) is 26.3 Å². The molecular formula is C11H19N5O2. The number of nitrogens with zero attached hydrogens (tertiary/aromatic N) is 2. The summed E-state index contributed by atoms with van der Waals surface area (Å²) >= 11 is 0. The first-order chi connectivity index (χ1) is 8.67. The van der Waals surface area contributed by atoms with Crippen molar-refractivity contribution in [1.29, 1.82) is 0 Å². The Morgan fingerprint density at radius 3 is 2.83 bits per heavy atom.